The minimum absolute atomic E-state index is 0.0476. The summed E-state index contributed by atoms with van der Waals surface area (Å²) in [5.41, 5.74) is 1.72. The van der Waals surface area contributed by atoms with Gasteiger partial charge in [-0.25, -0.2) is 4.98 Å². The number of hydrogen-bond donors (Lipinski definition) is 1. The Hall–Kier alpha value is -2.18. The molecule has 1 N–H and O–H groups in total. The van der Waals surface area contributed by atoms with E-state index in [2.05, 4.69) is 9.97 Å². The van der Waals surface area contributed by atoms with Crippen LogP contribution in [-0.4, -0.2) is 26.2 Å². The summed E-state index contributed by atoms with van der Waals surface area (Å²) >= 11 is 1.51. The molecule has 0 fully saturated rings. The van der Waals surface area contributed by atoms with Crippen LogP contribution in [0.5, 0.6) is 0 Å². The predicted molar refractivity (Wildman–Crippen MR) is 91.5 cm³/mol. The lowest BCUT2D eigenvalue weighted by molar-refractivity contribution is 0.276. The van der Waals surface area contributed by atoms with Crippen LogP contribution in [0.4, 0.5) is 0 Å². The molecule has 6 heteroatoms. The summed E-state index contributed by atoms with van der Waals surface area (Å²) < 4.78 is 1.65. The quantitative estimate of drug-likeness (QED) is 0.556. The number of thioether (sulfide) groups is 1. The van der Waals surface area contributed by atoms with Crippen molar-refractivity contribution in [1.29, 1.82) is 0 Å². The van der Waals surface area contributed by atoms with E-state index < -0.39 is 0 Å². The summed E-state index contributed by atoms with van der Waals surface area (Å²) in [5.74, 6) is 0.692. The van der Waals surface area contributed by atoms with Gasteiger partial charge in [-0.3, -0.25) is 14.3 Å². The number of pyridine rings is 1. The highest BCUT2D eigenvalue weighted by Crippen LogP contribution is 2.21. The molecule has 5 nitrogen and oxygen atoms in total. The van der Waals surface area contributed by atoms with Gasteiger partial charge in [0.15, 0.2) is 5.16 Å². The number of aliphatic hydroxyl groups excluding tert-OH is 1. The van der Waals surface area contributed by atoms with Crippen LogP contribution in [0.2, 0.25) is 0 Å². The molecule has 0 atom stereocenters. The van der Waals surface area contributed by atoms with Crippen LogP contribution in [0.15, 0.2) is 58.7 Å². The number of fused-ring (bicyclic) bond motifs is 1. The first kappa shape index (κ1) is 15.7. The molecule has 3 aromatic rings. The van der Waals surface area contributed by atoms with Crippen LogP contribution in [0.1, 0.15) is 12.0 Å². The first-order valence-corrected chi connectivity index (χ1v) is 8.40. The first-order valence-electron chi connectivity index (χ1n) is 7.42. The Kier molecular flexibility index (Phi) is 5.05. The minimum atomic E-state index is -0.0577. The second kappa shape index (κ2) is 7.39. The summed E-state index contributed by atoms with van der Waals surface area (Å²) in [6.07, 6.45) is 4.07. The van der Waals surface area contributed by atoms with Crippen LogP contribution < -0.4 is 5.56 Å². The highest BCUT2D eigenvalue weighted by molar-refractivity contribution is 7.98. The average molecular weight is 327 g/mol. The van der Waals surface area contributed by atoms with E-state index in [1.807, 2.05) is 36.5 Å². The zero-order valence-corrected chi connectivity index (χ0v) is 13.4. The number of aliphatic hydroxyl groups is 1. The zero-order chi connectivity index (χ0) is 16.1. The first-order chi connectivity index (χ1) is 11.3. The molecule has 2 aromatic heterocycles. The SMILES string of the molecule is O=c1c2ccccc2nc(SCc2cccnc2)n1CCCO. The van der Waals surface area contributed by atoms with Crippen molar-refractivity contribution in [2.45, 2.75) is 23.9 Å². The monoisotopic (exact) mass is 327 g/mol. The highest BCUT2D eigenvalue weighted by Gasteiger charge is 2.11. The molecule has 1 aromatic carbocycles. The predicted octanol–water partition coefficient (Wildman–Crippen LogP) is 2.47. The summed E-state index contributed by atoms with van der Waals surface area (Å²) in [6, 6.07) is 11.2. The molecule has 0 aliphatic carbocycles. The van der Waals surface area contributed by atoms with Gasteiger partial charge in [0.25, 0.3) is 5.56 Å². The normalized spacial score (nSPS) is 11.0. The Bertz CT molecular complexity index is 849. The molecule has 118 valence electrons. The largest absolute Gasteiger partial charge is 0.396 e. The van der Waals surface area contributed by atoms with Gasteiger partial charge in [0, 0.05) is 31.3 Å². The van der Waals surface area contributed by atoms with E-state index in [4.69, 9.17) is 5.11 Å². The summed E-state index contributed by atoms with van der Waals surface area (Å²) in [4.78, 5) is 21.4. The van der Waals surface area contributed by atoms with Crippen LogP contribution >= 0.6 is 11.8 Å². The van der Waals surface area contributed by atoms with Crippen molar-refractivity contribution in [2.75, 3.05) is 6.61 Å². The maximum Gasteiger partial charge on any atom is 0.262 e. The second-order valence-corrected chi connectivity index (χ2v) is 6.04. The maximum atomic E-state index is 12.7. The van der Waals surface area contributed by atoms with E-state index in [-0.39, 0.29) is 12.2 Å². The van der Waals surface area contributed by atoms with E-state index in [0.29, 0.717) is 34.8 Å². The Morgan fingerprint density at radius 1 is 1.17 bits per heavy atom. The molecule has 0 amide bonds. The van der Waals surface area contributed by atoms with Crippen molar-refractivity contribution in [1.82, 2.24) is 14.5 Å². The lowest BCUT2D eigenvalue weighted by Crippen LogP contribution is -2.24. The molecule has 0 spiro atoms. The van der Waals surface area contributed by atoms with E-state index in [1.165, 1.54) is 11.8 Å². The van der Waals surface area contributed by atoms with Crippen molar-refractivity contribution in [3.8, 4) is 0 Å². The lowest BCUT2D eigenvalue weighted by atomic mass is 10.2. The van der Waals surface area contributed by atoms with Gasteiger partial charge in [0.1, 0.15) is 0 Å². The van der Waals surface area contributed by atoms with Crippen LogP contribution in [0.25, 0.3) is 10.9 Å². The standard InChI is InChI=1S/C17H17N3O2S/c21-10-4-9-20-16(22)14-6-1-2-7-15(14)19-17(20)23-12-13-5-3-8-18-11-13/h1-3,5-8,11,21H,4,9-10,12H2. The van der Waals surface area contributed by atoms with E-state index in [0.717, 1.165) is 5.56 Å². The number of hydrogen-bond acceptors (Lipinski definition) is 5. The maximum absolute atomic E-state index is 12.7. The van der Waals surface area contributed by atoms with Crippen LogP contribution in [-0.2, 0) is 12.3 Å². The third-order valence-corrected chi connectivity index (χ3v) is 4.50. The number of benzene rings is 1. The van der Waals surface area contributed by atoms with Gasteiger partial charge in [0.2, 0.25) is 0 Å². The van der Waals surface area contributed by atoms with Gasteiger partial charge in [-0.2, -0.15) is 0 Å². The molecule has 0 radical (unpaired) electrons. The van der Waals surface area contributed by atoms with Crippen molar-refractivity contribution < 1.29 is 5.11 Å². The van der Waals surface area contributed by atoms with E-state index >= 15 is 0 Å². The smallest absolute Gasteiger partial charge is 0.262 e. The summed E-state index contributed by atoms with van der Waals surface area (Å²) in [7, 11) is 0. The van der Waals surface area contributed by atoms with Gasteiger partial charge in [0.05, 0.1) is 10.9 Å². The molecule has 0 bridgehead atoms. The molecular weight excluding hydrogens is 310 g/mol. The fourth-order valence-electron chi connectivity index (χ4n) is 2.32. The topological polar surface area (TPSA) is 68.0 Å². The average Bonchev–Trinajstić information content (AvgIpc) is 2.60. The Balaban J connectivity index is 1.97. The lowest BCUT2D eigenvalue weighted by Gasteiger charge is -2.12. The molecule has 0 unspecified atom stereocenters. The molecule has 0 aliphatic rings. The minimum Gasteiger partial charge on any atom is -0.396 e. The number of para-hydroxylation sites is 1. The highest BCUT2D eigenvalue weighted by atomic mass is 32.2. The third-order valence-electron chi connectivity index (χ3n) is 3.46. The summed E-state index contributed by atoms with van der Waals surface area (Å²) in [5, 5.41) is 10.4. The second-order valence-electron chi connectivity index (χ2n) is 5.10. The number of nitrogens with zero attached hydrogens (tertiary/aromatic N) is 3. The fraction of sp³-hybridized carbons (Fsp3) is 0.235. The zero-order valence-electron chi connectivity index (χ0n) is 12.6. The van der Waals surface area contributed by atoms with Crippen LogP contribution in [0.3, 0.4) is 0 Å². The molecule has 3 rings (SSSR count). The van der Waals surface area contributed by atoms with Crippen LogP contribution in [0, 0.1) is 0 Å². The van der Waals surface area contributed by atoms with E-state index in [9.17, 15) is 4.79 Å². The molecule has 0 aliphatic heterocycles. The van der Waals surface area contributed by atoms with Crippen molar-refractivity contribution in [2.24, 2.45) is 0 Å². The Morgan fingerprint density at radius 2 is 2.04 bits per heavy atom. The molecule has 23 heavy (non-hydrogen) atoms. The number of aromatic nitrogens is 3. The third kappa shape index (κ3) is 3.60. The van der Waals surface area contributed by atoms with Crippen molar-refractivity contribution in [3.63, 3.8) is 0 Å². The van der Waals surface area contributed by atoms with E-state index in [1.54, 1.807) is 16.8 Å². The van der Waals surface area contributed by atoms with Gasteiger partial charge < -0.3 is 5.11 Å². The van der Waals surface area contributed by atoms with Gasteiger partial charge >= 0.3 is 0 Å². The van der Waals surface area contributed by atoms with Gasteiger partial charge in [-0.05, 0) is 30.2 Å². The Labute approximate surface area is 138 Å². The molecule has 0 saturated heterocycles. The van der Waals surface area contributed by atoms with Crippen molar-refractivity contribution >= 4 is 22.7 Å². The fourth-order valence-corrected chi connectivity index (χ4v) is 3.27. The molecule has 0 saturated carbocycles. The summed E-state index contributed by atoms with van der Waals surface area (Å²) in [6.45, 7) is 0.508. The van der Waals surface area contributed by atoms with Crippen molar-refractivity contribution in [3.05, 3.63) is 64.7 Å². The number of rotatable bonds is 6. The molecule has 2 heterocycles. The Morgan fingerprint density at radius 3 is 2.83 bits per heavy atom. The van der Waals surface area contributed by atoms with Gasteiger partial charge in [-0.15, -0.1) is 0 Å². The molecular formula is C17H17N3O2S. The van der Waals surface area contributed by atoms with Gasteiger partial charge in [-0.1, -0.05) is 30.0 Å².